The van der Waals surface area contributed by atoms with Crippen molar-refractivity contribution >= 4 is 17.3 Å². The first-order valence-electron chi connectivity index (χ1n) is 9.81. The minimum Gasteiger partial charge on any atom is -0.333 e. The highest BCUT2D eigenvalue weighted by Crippen LogP contribution is 2.44. The average molecular weight is 383 g/mol. The van der Waals surface area contributed by atoms with Crippen molar-refractivity contribution in [2.45, 2.75) is 12.3 Å². The van der Waals surface area contributed by atoms with Gasteiger partial charge in [-0.05, 0) is 18.6 Å². The summed E-state index contributed by atoms with van der Waals surface area (Å²) < 4.78 is 6.44. The Morgan fingerprint density at radius 3 is 2.17 bits per heavy atom. The van der Waals surface area contributed by atoms with Crippen molar-refractivity contribution in [2.75, 3.05) is 18.2 Å². The Hall–Kier alpha value is -3.44. The molecule has 5 rings (SSSR count). The zero-order valence-electron chi connectivity index (χ0n) is 15.9. The summed E-state index contributed by atoms with van der Waals surface area (Å²) in [4.78, 5) is 15.4. The van der Waals surface area contributed by atoms with E-state index in [1.807, 2.05) is 101 Å². The summed E-state index contributed by atoms with van der Waals surface area (Å²) in [5.41, 5.74) is 2.44. The minimum atomic E-state index is -0.972. The van der Waals surface area contributed by atoms with Crippen LogP contribution in [0.25, 0.3) is 0 Å². The lowest BCUT2D eigenvalue weighted by Crippen LogP contribution is -2.59. The molecule has 0 aromatic heterocycles. The van der Waals surface area contributed by atoms with E-state index in [4.69, 9.17) is 9.84 Å². The standard InChI is InChI=1S/C24H21N3O2/c28-22(19-11-4-1-5-12-19)23-25-27(21-15-8-3-9-16-21)24(20-13-6-2-7-14-20)26(23)17-10-18-29-24/h1-9,11-16H,10,17-18H2. The second kappa shape index (κ2) is 7.18. The third kappa shape index (κ3) is 2.82. The summed E-state index contributed by atoms with van der Waals surface area (Å²) in [7, 11) is 0. The monoisotopic (exact) mass is 383 g/mol. The number of carbonyl (C=O) groups excluding carboxylic acids is 1. The molecule has 0 aliphatic carbocycles. The Kier molecular flexibility index (Phi) is 4.37. The summed E-state index contributed by atoms with van der Waals surface area (Å²) >= 11 is 0. The number of benzene rings is 3. The first-order valence-corrected chi connectivity index (χ1v) is 9.81. The highest BCUT2D eigenvalue weighted by atomic mass is 16.5. The van der Waals surface area contributed by atoms with Gasteiger partial charge in [0.15, 0.2) is 0 Å². The number of nitrogens with zero attached hydrogens (tertiary/aromatic N) is 3. The molecule has 3 aromatic rings. The first kappa shape index (κ1) is 17.6. The Morgan fingerprint density at radius 1 is 0.862 bits per heavy atom. The van der Waals surface area contributed by atoms with Crippen molar-refractivity contribution in [3.63, 3.8) is 0 Å². The van der Waals surface area contributed by atoms with Gasteiger partial charge in [0.05, 0.1) is 12.3 Å². The highest BCUT2D eigenvalue weighted by Gasteiger charge is 2.55. The number of ketones is 1. The van der Waals surface area contributed by atoms with Crippen LogP contribution in [0.3, 0.4) is 0 Å². The summed E-state index contributed by atoms with van der Waals surface area (Å²) in [6.45, 7) is 1.28. The third-order valence-corrected chi connectivity index (χ3v) is 5.32. The van der Waals surface area contributed by atoms with E-state index in [9.17, 15) is 4.79 Å². The molecule has 0 amide bonds. The number of Topliss-reactive ketones (excluding diaryl/α,β-unsaturated/α-hetero) is 1. The van der Waals surface area contributed by atoms with Gasteiger partial charge in [0.2, 0.25) is 11.6 Å². The lowest BCUT2D eigenvalue weighted by Gasteiger charge is -2.46. The van der Waals surface area contributed by atoms with Crippen molar-refractivity contribution in [2.24, 2.45) is 5.10 Å². The molecule has 0 N–H and O–H groups in total. The molecule has 1 fully saturated rings. The van der Waals surface area contributed by atoms with Crippen LogP contribution in [-0.4, -0.2) is 29.7 Å². The van der Waals surface area contributed by atoms with Gasteiger partial charge in [-0.2, -0.15) is 0 Å². The van der Waals surface area contributed by atoms with Crippen molar-refractivity contribution in [3.8, 4) is 0 Å². The van der Waals surface area contributed by atoms with Crippen molar-refractivity contribution in [3.05, 3.63) is 102 Å². The van der Waals surface area contributed by atoms with E-state index in [1.165, 1.54) is 0 Å². The zero-order chi connectivity index (χ0) is 19.7. The molecule has 1 unspecified atom stereocenters. The average Bonchev–Trinajstić information content (AvgIpc) is 3.17. The molecule has 1 saturated heterocycles. The second-order valence-corrected chi connectivity index (χ2v) is 7.09. The van der Waals surface area contributed by atoms with Crippen LogP contribution >= 0.6 is 0 Å². The molecule has 0 bridgehead atoms. The fraction of sp³-hybridized carbons (Fsp3) is 0.167. The Labute approximate surface area is 169 Å². The summed E-state index contributed by atoms with van der Waals surface area (Å²) in [6, 6.07) is 29.2. The highest BCUT2D eigenvalue weighted by molar-refractivity contribution is 6.45. The van der Waals surface area contributed by atoms with Gasteiger partial charge in [-0.1, -0.05) is 78.9 Å². The molecule has 5 heteroatoms. The molecule has 2 aliphatic rings. The van der Waals surface area contributed by atoms with Crippen molar-refractivity contribution in [1.29, 1.82) is 0 Å². The maximum absolute atomic E-state index is 13.4. The maximum Gasteiger partial charge on any atom is 0.270 e. The molecular formula is C24H21N3O2. The van der Waals surface area contributed by atoms with Crippen LogP contribution in [0.1, 0.15) is 22.3 Å². The van der Waals surface area contributed by atoms with Crippen LogP contribution in [0.4, 0.5) is 5.69 Å². The third-order valence-electron chi connectivity index (χ3n) is 5.32. The molecule has 144 valence electrons. The van der Waals surface area contributed by atoms with E-state index < -0.39 is 5.85 Å². The molecule has 0 spiro atoms. The van der Waals surface area contributed by atoms with Gasteiger partial charge in [0.25, 0.3) is 5.85 Å². The van der Waals surface area contributed by atoms with Crippen molar-refractivity contribution in [1.82, 2.24) is 4.90 Å². The number of hydrogen-bond acceptors (Lipinski definition) is 5. The largest absolute Gasteiger partial charge is 0.333 e. The smallest absolute Gasteiger partial charge is 0.270 e. The number of carbonyl (C=O) groups is 1. The number of hydrazone groups is 1. The van der Waals surface area contributed by atoms with Gasteiger partial charge in [0, 0.05) is 17.7 Å². The predicted octanol–water partition coefficient (Wildman–Crippen LogP) is 4.24. The summed E-state index contributed by atoms with van der Waals surface area (Å²) in [5.74, 6) is -0.667. The van der Waals surface area contributed by atoms with Crippen LogP contribution in [0.2, 0.25) is 0 Å². The molecule has 2 heterocycles. The lowest BCUT2D eigenvalue weighted by molar-refractivity contribution is -0.155. The Bertz CT molecular complexity index is 1040. The normalized spacial score (nSPS) is 20.9. The van der Waals surface area contributed by atoms with Gasteiger partial charge in [-0.15, -0.1) is 5.10 Å². The molecule has 0 radical (unpaired) electrons. The van der Waals surface area contributed by atoms with Gasteiger partial charge in [-0.25, -0.2) is 5.01 Å². The van der Waals surface area contributed by atoms with E-state index in [0.29, 0.717) is 24.6 Å². The van der Waals surface area contributed by atoms with Gasteiger partial charge < -0.3 is 9.64 Å². The number of fused-ring (bicyclic) bond motifs is 1. The van der Waals surface area contributed by atoms with Crippen LogP contribution < -0.4 is 5.01 Å². The summed E-state index contributed by atoms with van der Waals surface area (Å²) in [6.07, 6.45) is 0.832. The fourth-order valence-electron chi connectivity index (χ4n) is 4.01. The van der Waals surface area contributed by atoms with E-state index in [-0.39, 0.29) is 5.78 Å². The van der Waals surface area contributed by atoms with Gasteiger partial charge >= 0.3 is 0 Å². The first-order chi connectivity index (χ1) is 14.3. The number of amidine groups is 1. The van der Waals surface area contributed by atoms with Crippen LogP contribution in [-0.2, 0) is 10.6 Å². The molecule has 3 aromatic carbocycles. The fourth-order valence-corrected chi connectivity index (χ4v) is 4.01. The molecule has 1 atom stereocenters. The zero-order valence-corrected chi connectivity index (χ0v) is 15.9. The predicted molar refractivity (Wildman–Crippen MR) is 113 cm³/mol. The number of rotatable bonds is 4. The molecule has 0 saturated carbocycles. The maximum atomic E-state index is 13.4. The van der Waals surface area contributed by atoms with Crippen LogP contribution in [0.5, 0.6) is 0 Å². The van der Waals surface area contributed by atoms with Gasteiger partial charge in [-0.3, -0.25) is 4.79 Å². The van der Waals surface area contributed by atoms with Gasteiger partial charge in [0.1, 0.15) is 0 Å². The second-order valence-electron chi connectivity index (χ2n) is 7.09. The number of hydrogen-bond donors (Lipinski definition) is 0. The molecule has 29 heavy (non-hydrogen) atoms. The number of anilines is 1. The van der Waals surface area contributed by atoms with Crippen molar-refractivity contribution < 1.29 is 9.53 Å². The molecular weight excluding hydrogens is 362 g/mol. The molecule has 5 nitrogen and oxygen atoms in total. The number of ether oxygens (including phenoxy) is 1. The topological polar surface area (TPSA) is 45.1 Å². The van der Waals surface area contributed by atoms with E-state index in [0.717, 1.165) is 17.7 Å². The van der Waals surface area contributed by atoms with E-state index in [2.05, 4.69) is 0 Å². The Morgan fingerprint density at radius 2 is 1.48 bits per heavy atom. The van der Waals surface area contributed by atoms with Crippen LogP contribution in [0, 0.1) is 0 Å². The van der Waals surface area contributed by atoms with E-state index >= 15 is 0 Å². The molecule has 2 aliphatic heterocycles. The van der Waals surface area contributed by atoms with E-state index in [1.54, 1.807) is 0 Å². The van der Waals surface area contributed by atoms with Crippen LogP contribution in [0.15, 0.2) is 96.1 Å². The lowest BCUT2D eigenvalue weighted by atomic mass is 10.0. The number of para-hydroxylation sites is 1. The SMILES string of the molecule is O=C(C1=NN(c2ccccc2)C2(c3ccccc3)OCCCN12)c1ccccc1. The Balaban J connectivity index is 1.69. The quantitative estimate of drug-likeness (QED) is 0.633. The summed E-state index contributed by atoms with van der Waals surface area (Å²) in [5, 5.41) is 6.67. The minimum absolute atomic E-state index is 0.102.